The predicted octanol–water partition coefficient (Wildman–Crippen LogP) is 3.70. The number of hydrogen-bond acceptors (Lipinski definition) is 3. The molecular weight excluding hydrogens is 266 g/mol. The van der Waals surface area contributed by atoms with Gasteiger partial charge in [0.25, 0.3) is 0 Å². The van der Waals surface area contributed by atoms with Gasteiger partial charge in [-0.25, -0.2) is 9.69 Å². The molecule has 1 fully saturated rings. The van der Waals surface area contributed by atoms with Gasteiger partial charge in [-0.2, -0.15) is 0 Å². The lowest BCUT2D eigenvalue weighted by atomic mass is 10.1. The van der Waals surface area contributed by atoms with Crippen molar-refractivity contribution < 1.29 is 14.6 Å². The number of phenols is 1. The Bertz CT molecular complexity index is 627. The first-order chi connectivity index (χ1) is 9.16. The third kappa shape index (κ3) is 2.00. The number of cyclic esters (lactones) is 1. The second-order valence-electron chi connectivity index (χ2n) is 4.14. The van der Waals surface area contributed by atoms with Crippen molar-refractivity contribution in [2.24, 2.45) is 0 Å². The molecule has 0 bridgehead atoms. The van der Waals surface area contributed by atoms with E-state index in [4.69, 9.17) is 16.3 Å². The Morgan fingerprint density at radius 1 is 1.11 bits per heavy atom. The van der Waals surface area contributed by atoms with Gasteiger partial charge in [0.05, 0.1) is 11.3 Å². The fourth-order valence-corrected chi connectivity index (χ4v) is 2.12. The number of benzene rings is 2. The van der Waals surface area contributed by atoms with Crippen LogP contribution in [0.4, 0.5) is 10.5 Å². The van der Waals surface area contributed by atoms with E-state index >= 15 is 0 Å². The molecule has 1 amide bonds. The average molecular weight is 276 g/mol. The smallest absolute Gasteiger partial charge is 0.419 e. The molecule has 0 radical (unpaired) electrons. The van der Waals surface area contributed by atoms with Crippen LogP contribution in [-0.4, -0.2) is 11.2 Å². The van der Waals surface area contributed by atoms with Gasteiger partial charge in [0, 0.05) is 5.02 Å². The number of aromatic hydroxyl groups is 1. The number of amides is 1. The molecule has 1 aliphatic rings. The molecule has 0 spiro atoms. The van der Waals surface area contributed by atoms with Crippen LogP contribution < -0.4 is 4.90 Å². The Kier molecular flexibility index (Phi) is 2.80. The maximum Gasteiger partial charge on any atom is 0.419 e. The molecule has 1 aliphatic heterocycles. The fraction of sp³-hybridized carbons (Fsp3) is 0.0714. The number of phenolic OH excluding ortho intramolecular Hbond substituents is 1. The van der Waals surface area contributed by atoms with Crippen LogP contribution in [0.25, 0.3) is 0 Å². The summed E-state index contributed by atoms with van der Waals surface area (Å²) in [5, 5.41) is 10.4. The quantitative estimate of drug-likeness (QED) is 0.909. The van der Waals surface area contributed by atoms with Gasteiger partial charge in [-0.1, -0.05) is 23.7 Å². The number of nitrogens with zero attached hydrogens (tertiary/aromatic N) is 1. The molecule has 0 aliphatic carbocycles. The summed E-state index contributed by atoms with van der Waals surface area (Å²) in [6.07, 6.45) is -1.05. The van der Waals surface area contributed by atoms with Gasteiger partial charge in [0.1, 0.15) is 5.75 Å². The van der Waals surface area contributed by atoms with Crippen molar-refractivity contribution in [2.75, 3.05) is 4.90 Å². The van der Waals surface area contributed by atoms with Crippen molar-refractivity contribution in [3.63, 3.8) is 0 Å². The van der Waals surface area contributed by atoms with E-state index in [1.54, 1.807) is 48.5 Å². The monoisotopic (exact) mass is 275 g/mol. The zero-order valence-electron chi connectivity index (χ0n) is 9.79. The first-order valence-electron chi connectivity index (χ1n) is 5.70. The van der Waals surface area contributed by atoms with Crippen molar-refractivity contribution in [2.45, 2.75) is 6.23 Å². The molecule has 2 aromatic rings. The molecule has 5 heteroatoms. The summed E-state index contributed by atoms with van der Waals surface area (Å²) in [4.78, 5) is 13.1. The Hall–Kier alpha value is -2.20. The first kappa shape index (κ1) is 11.9. The van der Waals surface area contributed by atoms with Gasteiger partial charge in [-0.05, 0) is 36.4 Å². The summed E-state index contributed by atoms with van der Waals surface area (Å²) in [5.74, 6) is 0.0963. The van der Waals surface area contributed by atoms with Crippen molar-refractivity contribution >= 4 is 23.4 Å². The highest BCUT2D eigenvalue weighted by atomic mass is 35.5. The SMILES string of the molecule is O=C1OC(c2ccccc2O)N1c1ccc(Cl)cc1. The summed E-state index contributed by atoms with van der Waals surface area (Å²) in [5.41, 5.74) is 1.23. The van der Waals surface area contributed by atoms with Crippen LogP contribution in [0.1, 0.15) is 11.8 Å². The fourth-order valence-electron chi connectivity index (χ4n) is 1.99. The summed E-state index contributed by atoms with van der Waals surface area (Å²) < 4.78 is 5.10. The Labute approximate surface area is 114 Å². The van der Waals surface area contributed by atoms with Gasteiger partial charge in [0.15, 0.2) is 0 Å². The van der Waals surface area contributed by atoms with E-state index in [1.807, 2.05) is 0 Å². The molecule has 19 heavy (non-hydrogen) atoms. The predicted molar refractivity (Wildman–Crippen MR) is 71.3 cm³/mol. The first-order valence-corrected chi connectivity index (χ1v) is 6.08. The highest BCUT2D eigenvalue weighted by Crippen LogP contribution is 2.40. The maximum absolute atomic E-state index is 11.6. The zero-order valence-corrected chi connectivity index (χ0v) is 10.5. The number of hydrogen-bond donors (Lipinski definition) is 1. The van der Waals surface area contributed by atoms with E-state index in [9.17, 15) is 9.90 Å². The Morgan fingerprint density at radius 3 is 2.42 bits per heavy atom. The Balaban J connectivity index is 1.95. The average Bonchev–Trinajstić information content (AvgIpc) is 2.39. The van der Waals surface area contributed by atoms with Crippen LogP contribution in [0.2, 0.25) is 5.02 Å². The van der Waals surface area contributed by atoms with E-state index in [-0.39, 0.29) is 5.75 Å². The van der Waals surface area contributed by atoms with Crippen LogP contribution in [0, 0.1) is 0 Å². The molecule has 0 aromatic heterocycles. The molecule has 96 valence electrons. The normalized spacial score (nSPS) is 17.8. The number of ether oxygens (including phenoxy) is 1. The van der Waals surface area contributed by atoms with Crippen molar-refractivity contribution in [1.82, 2.24) is 0 Å². The number of para-hydroxylation sites is 1. The van der Waals surface area contributed by atoms with Crippen LogP contribution >= 0.6 is 11.6 Å². The number of rotatable bonds is 2. The van der Waals surface area contributed by atoms with E-state index in [0.717, 1.165) is 0 Å². The van der Waals surface area contributed by atoms with E-state index < -0.39 is 12.3 Å². The summed E-state index contributed by atoms with van der Waals surface area (Å²) >= 11 is 5.82. The van der Waals surface area contributed by atoms with Gasteiger partial charge in [0.2, 0.25) is 6.23 Å². The number of carbonyl (C=O) groups excluding carboxylic acids is 1. The van der Waals surface area contributed by atoms with Crippen LogP contribution in [0.5, 0.6) is 5.75 Å². The molecule has 1 heterocycles. The third-order valence-corrected chi connectivity index (χ3v) is 3.20. The van der Waals surface area contributed by atoms with Crippen molar-refractivity contribution in [3.8, 4) is 5.75 Å². The number of anilines is 1. The van der Waals surface area contributed by atoms with Crippen molar-refractivity contribution in [1.29, 1.82) is 0 Å². The summed E-state index contributed by atoms with van der Waals surface area (Å²) in [6, 6.07) is 13.6. The molecular formula is C14H10ClNO3. The molecule has 1 saturated heterocycles. The van der Waals surface area contributed by atoms with E-state index in [2.05, 4.69) is 0 Å². The lowest BCUT2D eigenvalue weighted by Crippen LogP contribution is -2.48. The standard InChI is InChI=1S/C14H10ClNO3/c15-9-5-7-10(8-6-9)16-13(19-14(16)18)11-3-1-2-4-12(11)17/h1-8,13,17H. The largest absolute Gasteiger partial charge is 0.507 e. The number of carbonyl (C=O) groups is 1. The number of halogens is 1. The lowest BCUT2D eigenvalue weighted by molar-refractivity contribution is 0.0417. The van der Waals surface area contributed by atoms with Gasteiger partial charge in [-0.15, -0.1) is 0 Å². The highest BCUT2D eigenvalue weighted by Gasteiger charge is 2.41. The molecule has 1 atom stereocenters. The van der Waals surface area contributed by atoms with E-state index in [0.29, 0.717) is 16.3 Å². The highest BCUT2D eigenvalue weighted by molar-refractivity contribution is 6.30. The lowest BCUT2D eigenvalue weighted by Gasteiger charge is -2.39. The van der Waals surface area contributed by atoms with E-state index in [1.165, 1.54) is 4.90 Å². The van der Waals surface area contributed by atoms with Crippen molar-refractivity contribution in [3.05, 3.63) is 59.1 Å². The summed E-state index contributed by atoms with van der Waals surface area (Å²) in [7, 11) is 0. The molecule has 0 saturated carbocycles. The Morgan fingerprint density at radius 2 is 1.79 bits per heavy atom. The molecule has 4 nitrogen and oxygen atoms in total. The zero-order chi connectivity index (χ0) is 13.4. The second kappa shape index (κ2) is 4.48. The minimum atomic E-state index is -0.602. The minimum Gasteiger partial charge on any atom is -0.507 e. The topological polar surface area (TPSA) is 49.8 Å². The van der Waals surface area contributed by atoms with Gasteiger partial charge < -0.3 is 9.84 Å². The van der Waals surface area contributed by atoms with Crippen LogP contribution in [-0.2, 0) is 4.74 Å². The molecule has 1 N–H and O–H groups in total. The van der Waals surface area contributed by atoms with Crippen LogP contribution in [0.15, 0.2) is 48.5 Å². The van der Waals surface area contributed by atoms with Gasteiger partial charge in [-0.3, -0.25) is 0 Å². The van der Waals surface area contributed by atoms with Gasteiger partial charge >= 0.3 is 6.09 Å². The summed E-state index contributed by atoms with van der Waals surface area (Å²) in [6.45, 7) is 0. The molecule has 3 rings (SSSR count). The van der Waals surface area contributed by atoms with Crippen LogP contribution in [0.3, 0.4) is 0 Å². The second-order valence-corrected chi connectivity index (χ2v) is 4.58. The maximum atomic E-state index is 11.6. The molecule has 2 aromatic carbocycles. The molecule has 1 unspecified atom stereocenters. The minimum absolute atomic E-state index is 0.0963. The third-order valence-electron chi connectivity index (χ3n) is 2.95.